The van der Waals surface area contributed by atoms with Crippen LogP contribution in [-0.2, 0) is 6.54 Å². The van der Waals surface area contributed by atoms with Gasteiger partial charge in [0, 0.05) is 34.5 Å². The van der Waals surface area contributed by atoms with E-state index in [9.17, 15) is 14.5 Å². The maximum Gasteiger partial charge on any atom is 0.344 e. The van der Waals surface area contributed by atoms with Gasteiger partial charge in [-0.1, -0.05) is 18.2 Å². The predicted molar refractivity (Wildman–Crippen MR) is 114 cm³/mol. The average Bonchev–Trinajstić information content (AvgIpc) is 3.26. The van der Waals surface area contributed by atoms with Gasteiger partial charge in [0.05, 0.1) is 5.56 Å². The molecule has 30 heavy (non-hydrogen) atoms. The van der Waals surface area contributed by atoms with Crippen LogP contribution in [0.5, 0.6) is 0 Å². The van der Waals surface area contributed by atoms with Crippen molar-refractivity contribution in [1.82, 2.24) is 4.90 Å². The maximum absolute atomic E-state index is 12.7. The third kappa shape index (κ3) is 3.13. The van der Waals surface area contributed by atoms with E-state index < -0.39 is 11.3 Å². The lowest BCUT2D eigenvalue weighted by Crippen LogP contribution is -2.19. The number of rotatable bonds is 4. The molecule has 2 aromatic heterocycles. The highest BCUT2D eigenvalue weighted by Crippen LogP contribution is 2.34. The molecule has 3 heterocycles. The third-order valence-corrected chi connectivity index (χ3v) is 5.60. The van der Waals surface area contributed by atoms with Crippen LogP contribution in [0.4, 0.5) is 5.69 Å². The predicted octanol–water partition coefficient (Wildman–Crippen LogP) is 4.56. The Morgan fingerprint density at radius 3 is 2.53 bits per heavy atom. The van der Waals surface area contributed by atoms with Crippen LogP contribution < -0.4 is 11.3 Å². The van der Waals surface area contributed by atoms with Crippen LogP contribution >= 0.6 is 0 Å². The molecule has 1 saturated heterocycles. The molecule has 2 aromatic carbocycles. The Morgan fingerprint density at radius 2 is 1.73 bits per heavy atom. The van der Waals surface area contributed by atoms with E-state index in [2.05, 4.69) is 10.1 Å². The summed E-state index contributed by atoms with van der Waals surface area (Å²) < 4.78 is 11.0. The number of benzene rings is 2. The molecule has 0 saturated carbocycles. The quantitative estimate of drug-likeness (QED) is 0.367. The average molecular weight is 402 g/mol. The van der Waals surface area contributed by atoms with Crippen LogP contribution in [0.2, 0.25) is 0 Å². The van der Waals surface area contributed by atoms with E-state index in [1.165, 1.54) is 6.07 Å². The van der Waals surface area contributed by atoms with Crippen LogP contribution in [-0.4, -0.2) is 18.0 Å². The van der Waals surface area contributed by atoms with E-state index in [0.717, 1.165) is 31.3 Å². The highest BCUT2D eigenvalue weighted by molar-refractivity contribution is 5.97. The van der Waals surface area contributed by atoms with Gasteiger partial charge in [-0.15, -0.1) is 4.91 Å². The maximum atomic E-state index is 12.7. The number of fused-ring (bicyclic) bond motifs is 2. The molecular formula is C23H18N2O5. The van der Waals surface area contributed by atoms with Crippen molar-refractivity contribution in [3.05, 3.63) is 79.8 Å². The minimum absolute atomic E-state index is 0.236. The van der Waals surface area contributed by atoms with Crippen molar-refractivity contribution >= 4 is 27.6 Å². The van der Waals surface area contributed by atoms with Gasteiger partial charge in [-0.05, 0) is 55.4 Å². The fourth-order valence-corrected chi connectivity index (χ4v) is 4.15. The lowest BCUT2D eigenvalue weighted by Gasteiger charge is -2.17. The Kier molecular flexibility index (Phi) is 4.52. The normalized spacial score (nSPS) is 14.5. The Morgan fingerprint density at radius 1 is 0.933 bits per heavy atom. The molecule has 7 nitrogen and oxygen atoms in total. The fourth-order valence-electron chi connectivity index (χ4n) is 4.15. The van der Waals surface area contributed by atoms with Crippen molar-refractivity contribution in [2.24, 2.45) is 5.18 Å². The lowest BCUT2D eigenvalue weighted by atomic mass is 9.99. The van der Waals surface area contributed by atoms with Gasteiger partial charge in [-0.2, -0.15) is 0 Å². The van der Waals surface area contributed by atoms with Crippen LogP contribution in [0.1, 0.15) is 18.4 Å². The SMILES string of the molecule is O=Nc1ccc2c(-c3cc4ccccc4oc3=O)cc(=O)oc2c1CN1CCCC1. The van der Waals surface area contributed by atoms with Crippen LogP contribution in [0.3, 0.4) is 0 Å². The first kappa shape index (κ1) is 18.4. The first-order valence-corrected chi connectivity index (χ1v) is 9.83. The van der Waals surface area contributed by atoms with Crippen molar-refractivity contribution in [3.8, 4) is 11.1 Å². The second-order valence-electron chi connectivity index (χ2n) is 7.48. The van der Waals surface area contributed by atoms with E-state index in [1.54, 1.807) is 30.3 Å². The lowest BCUT2D eigenvalue weighted by molar-refractivity contribution is 0.331. The number of hydrogen-bond donors (Lipinski definition) is 0. The van der Waals surface area contributed by atoms with Gasteiger partial charge >= 0.3 is 11.3 Å². The van der Waals surface area contributed by atoms with Gasteiger partial charge in [0.1, 0.15) is 16.9 Å². The Balaban J connectivity index is 1.78. The van der Waals surface area contributed by atoms with E-state index in [4.69, 9.17) is 8.83 Å². The summed E-state index contributed by atoms with van der Waals surface area (Å²) in [6.07, 6.45) is 2.17. The molecule has 0 bridgehead atoms. The molecule has 0 N–H and O–H groups in total. The zero-order valence-corrected chi connectivity index (χ0v) is 16.1. The molecule has 1 fully saturated rings. The highest BCUT2D eigenvalue weighted by atomic mass is 16.4. The third-order valence-electron chi connectivity index (χ3n) is 5.60. The summed E-state index contributed by atoms with van der Waals surface area (Å²) in [4.78, 5) is 38.7. The molecule has 1 aliphatic heterocycles. The summed E-state index contributed by atoms with van der Waals surface area (Å²) in [7, 11) is 0. The summed E-state index contributed by atoms with van der Waals surface area (Å²) in [6.45, 7) is 2.27. The topological polar surface area (TPSA) is 93.1 Å². The molecule has 1 aliphatic rings. The minimum atomic E-state index is -0.601. The van der Waals surface area contributed by atoms with Crippen molar-refractivity contribution in [2.75, 3.05) is 13.1 Å². The van der Waals surface area contributed by atoms with Crippen LogP contribution in [0.25, 0.3) is 33.1 Å². The second-order valence-corrected chi connectivity index (χ2v) is 7.48. The molecule has 7 heteroatoms. The molecular weight excluding hydrogens is 384 g/mol. The zero-order chi connectivity index (χ0) is 20.7. The molecule has 0 spiro atoms. The molecule has 0 radical (unpaired) electrons. The van der Waals surface area contributed by atoms with Crippen LogP contribution in [0.15, 0.2) is 72.1 Å². The summed E-state index contributed by atoms with van der Waals surface area (Å²) >= 11 is 0. The standard InChI is InChI=1S/C23H18N2O5/c26-21-12-16(17-11-14-5-1-2-6-20(14)29-23(17)27)15-7-8-19(24-28)18(22(15)30-21)13-25-9-3-4-10-25/h1-2,5-8,11-12H,3-4,9-10,13H2. The number of nitrogens with zero attached hydrogens (tertiary/aromatic N) is 2. The van der Waals surface area contributed by atoms with Gasteiger partial charge in [0.2, 0.25) is 0 Å². The Hall–Kier alpha value is -3.58. The van der Waals surface area contributed by atoms with E-state index >= 15 is 0 Å². The van der Waals surface area contributed by atoms with Crippen LogP contribution in [0, 0.1) is 4.91 Å². The molecule has 4 aromatic rings. The molecule has 0 aliphatic carbocycles. The minimum Gasteiger partial charge on any atom is -0.422 e. The van der Waals surface area contributed by atoms with E-state index in [0.29, 0.717) is 28.6 Å². The number of likely N-dealkylation sites (tertiary alicyclic amines) is 1. The van der Waals surface area contributed by atoms with E-state index in [1.807, 2.05) is 12.1 Å². The van der Waals surface area contributed by atoms with Gasteiger partial charge in [-0.25, -0.2) is 9.59 Å². The number of hydrogen-bond acceptors (Lipinski definition) is 7. The summed E-state index contributed by atoms with van der Waals surface area (Å²) in [6, 6.07) is 13.4. The summed E-state index contributed by atoms with van der Waals surface area (Å²) in [5.74, 6) is 0. The van der Waals surface area contributed by atoms with Crippen molar-refractivity contribution < 1.29 is 8.83 Å². The van der Waals surface area contributed by atoms with E-state index in [-0.39, 0.29) is 16.8 Å². The first-order chi connectivity index (χ1) is 14.6. The van der Waals surface area contributed by atoms with Gasteiger partial charge in [0.15, 0.2) is 0 Å². The fraction of sp³-hybridized carbons (Fsp3) is 0.217. The molecule has 0 amide bonds. The smallest absolute Gasteiger partial charge is 0.344 e. The number of nitroso groups, excluding NO2 is 1. The summed E-state index contributed by atoms with van der Waals surface area (Å²) in [5.41, 5.74) is 1.10. The zero-order valence-electron chi connectivity index (χ0n) is 16.1. The summed E-state index contributed by atoms with van der Waals surface area (Å²) in [5, 5.41) is 4.45. The molecule has 0 atom stereocenters. The van der Waals surface area contributed by atoms with Crippen molar-refractivity contribution in [1.29, 1.82) is 0 Å². The molecule has 5 rings (SSSR count). The largest absolute Gasteiger partial charge is 0.422 e. The molecule has 0 unspecified atom stereocenters. The Labute approximate surface area is 170 Å². The first-order valence-electron chi connectivity index (χ1n) is 9.83. The Bertz CT molecular complexity index is 1400. The van der Waals surface area contributed by atoms with Crippen molar-refractivity contribution in [3.63, 3.8) is 0 Å². The van der Waals surface area contributed by atoms with Gasteiger partial charge in [-0.3, -0.25) is 4.90 Å². The molecule has 150 valence electrons. The highest BCUT2D eigenvalue weighted by Gasteiger charge is 2.21. The monoisotopic (exact) mass is 402 g/mol. The second kappa shape index (κ2) is 7.35. The van der Waals surface area contributed by atoms with Crippen molar-refractivity contribution in [2.45, 2.75) is 19.4 Å². The van der Waals surface area contributed by atoms with Gasteiger partial charge in [0.25, 0.3) is 0 Å². The van der Waals surface area contributed by atoms with Gasteiger partial charge < -0.3 is 8.83 Å². The number of para-hydroxylation sites is 1.